The van der Waals surface area contributed by atoms with Gasteiger partial charge in [-0.3, -0.25) is 4.99 Å². The molecule has 1 unspecified atom stereocenters. The maximum Gasteiger partial charge on any atom is 0.193 e. The second kappa shape index (κ2) is 12.5. The summed E-state index contributed by atoms with van der Waals surface area (Å²) in [6.45, 7) is 7.07. The fraction of sp³-hybridized carbons (Fsp3) is 0.632. The van der Waals surface area contributed by atoms with E-state index in [1.165, 1.54) is 18.4 Å². The number of nitrogens with one attached hydrogen (secondary N) is 1. The van der Waals surface area contributed by atoms with Crippen molar-refractivity contribution in [2.75, 3.05) is 39.9 Å². The Morgan fingerprint density at radius 3 is 2.79 bits per heavy atom. The fourth-order valence-corrected chi connectivity index (χ4v) is 3.03. The fourth-order valence-electron chi connectivity index (χ4n) is 3.03. The molecule has 0 bridgehead atoms. The standard InChI is InChI=1S/C19H31N3O.HI/c1-17-8-6-13-22(16-17)19(20-2)21-12-7-14-23-15-11-18-9-4-3-5-10-18;/h3-5,9-10,17H,6-8,11-16H2,1-2H3,(H,20,21);1H. The maximum absolute atomic E-state index is 5.72. The minimum Gasteiger partial charge on any atom is -0.381 e. The molecule has 2 rings (SSSR count). The number of piperidine rings is 1. The lowest BCUT2D eigenvalue weighted by Gasteiger charge is -2.33. The molecule has 4 nitrogen and oxygen atoms in total. The first kappa shape index (κ1) is 21.2. The zero-order valence-corrected chi connectivity index (χ0v) is 17.4. The number of ether oxygens (including phenoxy) is 1. The summed E-state index contributed by atoms with van der Waals surface area (Å²) < 4.78 is 5.72. The molecule has 24 heavy (non-hydrogen) atoms. The van der Waals surface area contributed by atoms with Crippen molar-refractivity contribution in [3.8, 4) is 0 Å². The minimum atomic E-state index is 0. The van der Waals surface area contributed by atoms with Gasteiger partial charge >= 0.3 is 0 Å². The number of guanidine groups is 1. The third-order valence-electron chi connectivity index (χ3n) is 4.29. The molecule has 1 N–H and O–H groups in total. The Balaban J connectivity index is 0.00000288. The van der Waals surface area contributed by atoms with Crippen LogP contribution in [0.5, 0.6) is 0 Å². The topological polar surface area (TPSA) is 36.9 Å². The van der Waals surface area contributed by atoms with E-state index in [0.29, 0.717) is 0 Å². The lowest BCUT2D eigenvalue weighted by Crippen LogP contribution is -2.46. The van der Waals surface area contributed by atoms with Crippen molar-refractivity contribution in [2.45, 2.75) is 32.6 Å². The zero-order chi connectivity index (χ0) is 16.3. The molecule has 0 radical (unpaired) electrons. The molecule has 5 heteroatoms. The highest BCUT2D eigenvalue weighted by Gasteiger charge is 2.18. The first-order valence-corrected chi connectivity index (χ1v) is 8.87. The van der Waals surface area contributed by atoms with E-state index in [9.17, 15) is 0 Å². The molecule has 0 amide bonds. The van der Waals surface area contributed by atoms with Crippen molar-refractivity contribution < 1.29 is 4.74 Å². The third-order valence-corrected chi connectivity index (χ3v) is 4.29. The van der Waals surface area contributed by atoms with Gasteiger partial charge in [0, 0.05) is 33.3 Å². The number of hydrogen-bond donors (Lipinski definition) is 1. The van der Waals surface area contributed by atoms with E-state index >= 15 is 0 Å². The van der Waals surface area contributed by atoms with Gasteiger partial charge in [0.25, 0.3) is 0 Å². The predicted molar refractivity (Wildman–Crippen MR) is 112 cm³/mol. The SMILES string of the molecule is CN=C(NCCCOCCc1ccccc1)N1CCCC(C)C1.I. The molecule has 1 fully saturated rings. The van der Waals surface area contributed by atoms with Crippen molar-refractivity contribution in [2.24, 2.45) is 10.9 Å². The molecule has 1 saturated heterocycles. The molecule has 1 aliphatic heterocycles. The van der Waals surface area contributed by atoms with E-state index in [1.54, 1.807) is 0 Å². The van der Waals surface area contributed by atoms with E-state index in [2.05, 4.69) is 46.4 Å². The highest BCUT2D eigenvalue weighted by Crippen LogP contribution is 2.15. The van der Waals surface area contributed by atoms with Crippen molar-refractivity contribution in [1.82, 2.24) is 10.2 Å². The number of hydrogen-bond acceptors (Lipinski definition) is 2. The van der Waals surface area contributed by atoms with E-state index in [-0.39, 0.29) is 24.0 Å². The lowest BCUT2D eigenvalue weighted by molar-refractivity contribution is 0.135. The summed E-state index contributed by atoms with van der Waals surface area (Å²) in [5, 5.41) is 3.46. The summed E-state index contributed by atoms with van der Waals surface area (Å²) in [4.78, 5) is 6.79. The van der Waals surface area contributed by atoms with Crippen molar-refractivity contribution in [1.29, 1.82) is 0 Å². The van der Waals surface area contributed by atoms with E-state index in [1.807, 2.05) is 13.1 Å². The van der Waals surface area contributed by atoms with Crippen LogP contribution in [0.2, 0.25) is 0 Å². The monoisotopic (exact) mass is 445 g/mol. The number of halogens is 1. The Kier molecular flexibility index (Phi) is 11.1. The number of benzene rings is 1. The summed E-state index contributed by atoms with van der Waals surface area (Å²) in [6, 6.07) is 10.5. The number of rotatable bonds is 7. The first-order chi connectivity index (χ1) is 11.3. The first-order valence-electron chi connectivity index (χ1n) is 8.87. The largest absolute Gasteiger partial charge is 0.381 e. The highest BCUT2D eigenvalue weighted by molar-refractivity contribution is 14.0. The van der Waals surface area contributed by atoms with Crippen LogP contribution in [-0.2, 0) is 11.2 Å². The Bertz CT molecular complexity index is 467. The summed E-state index contributed by atoms with van der Waals surface area (Å²) in [7, 11) is 1.87. The van der Waals surface area contributed by atoms with Crippen LogP contribution in [0.3, 0.4) is 0 Å². The molecule has 0 aliphatic carbocycles. The van der Waals surface area contributed by atoms with Crippen LogP contribution in [0.15, 0.2) is 35.3 Å². The van der Waals surface area contributed by atoms with Gasteiger partial charge in [0.1, 0.15) is 0 Å². The van der Waals surface area contributed by atoms with Crippen LogP contribution in [0.4, 0.5) is 0 Å². The average molecular weight is 445 g/mol. The van der Waals surface area contributed by atoms with E-state index in [4.69, 9.17) is 4.74 Å². The molecule has 0 saturated carbocycles. The molecule has 0 aromatic heterocycles. The third kappa shape index (κ3) is 7.83. The van der Waals surface area contributed by atoms with Crippen LogP contribution >= 0.6 is 24.0 Å². The van der Waals surface area contributed by atoms with Crippen LogP contribution in [0, 0.1) is 5.92 Å². The summed E-state index contributed by atoms with van der Waals surface area (Å²) in [5.74, 6) is 1.81. The number of aliphatic imine (C=N–C) groups is 1. The van der Waals surface area contributed by atoms with Crippen LogP contribution in [0.1, 0.15) is 31.7 Å². The average Bonchev–Trinajstić information content (AvgIpc) is 2.58. The zero-order valence-electron chi connectivity index (χ0n) is 15.0. The van der Waals surface area contributed by atoms with E-state index < -0.39 is 0 Å². The highest BCUT2D eigenvalue weighted by atomic mass is 127. The van der Waals surface area contributed by atoms with Gasteiger partial charge in [-0.25, -0.2) is 0 Å². The summed E-state index contributed by atoms with van der Waals surface area (Å²) in [5.41, 5.74) is 1.34. The maximum atomic E-state index is 5.72. The van der Waals surface area contributed by atoms with Crippen molar-refractivity contribution in [3.63, 3.8) is 0 Å². The molecule has 1 heterocycles. The second-order valence-corrected chi connectivity index (χ2v) is 6.37. The van der Waals surface area contributed by atoms with Crippen LogP contribution < -0.4 is 5.32 Å². The van der Waals surface area contributed by atoms with Gasteiger partial charge in [-0.1, -0.05) is 37.3 Å². The molecule has 1 aromatic rings. The van der Waals surface area contributed by atoms with Crippen LogP contribution in [0.25, 0.3) is 0 Å². The molecule has 0 spiro atoms. The van der Waals surface area contributed by atoms with E-state index in [0.717, 1.165) is 57.6 Å². The van der Waals surface area contributed by atoms with Gasteiger partial charge in [0.15, 0.2) is 5.96 Å². The predicted octanol–water partition coefficient (Wildman–Crippen LogP) is 3.56. The molecular formula is C19H32IN3O. The Morgan fingerprint density at radius 1 is 1.29 bits per heavy atom. The molecule has 1 aromatic carbocycles. The van der Waals surface area contributed by atoms with Gasteiger partial charge in [-0.05, 0) is 37.2 Å². The smallest absolute Gasteiger partial charge is 0.193 e. The summed E-state index contributed by atoms with van der Waals surface area (Å²) >= 11 is 0. The van der Waals surface area contributed by atoms with Gasteiger partial charge in [-0.2, -0.15) is 0 Å². The normalized spacial score (nSPS) is 18.2. The van der Waals surface area contributed by atoms with Gasteiger partial charge < -0.3 is 15.0 Å². The second-order valence-electron chi connectivity index (χ2n) is 6.37. The number of likely N-dealkylation sites (tertiary alicyclic amines) is 1. The number of nitrogens with zero attached hydrogens (tertiary/aromatic N) is 2. The van der Waals surface area contributed by atoms with Gasteiger partial charge in [0.05, 0.1) is 6.61 Å². The Morgan fingerprint density at radius 2 is 2.08 bits per heavy atom. The van der Waals surface area contributed by atoms with Crippen molar-refractivity contribution in [3.05, 3.63) is 35.9 Å². The van der Waals surface area contributed by atoms with Gasteiger partial charge in [0.2, 0.25) is 0 Å². The summed E-state index contributed by atoms with van der Waals surface area (Å²) in [6.07, 6.45) is 4.60. The Hall–Kier alpha value is -0.820. The van der Waals surface area contributed by atoms with Crippen LogP contribution in [-0.4, -0.2) is 50.8 Å². The lowest BCUT2D eigenvalue weighted by atomic mass is 10.0. The minimum absolute atomic E-state index is 0. The van der Waals surface area contributed by atoms with Gasteiger partial charge in [-0.15, -0.1) is 24.0 Å². The van der Waals surface area contributed by atoms with Crippen molar-refractivity contribution >= 4 is 29.9 Å². The quantitative estimate of drug-likeness (QED) is 0.302. The molecular weight excluding hydrogens is 413 g/mol. The molecule has 1 aliphatic rings. The Labute approximate surface area is 164 Å². The molecule has 136 valence electrons. The molecule has 1 atom stereocenters.